The molecule has 0 rings (SSSR count). The van der Waals surface area contributed by atoms with Crippen LogP contribution in [-0.4, -0.2) is 23.1 Å². The minimum Gasteiger partial charge on any atom is -1.00 e. The summed E-state index contributed by atoms with van der Waals surface area (Å²) in [6.07, 6.45) is 14.0. The average molecular weight is 250 g/mol. The predicted molar refractivity (Wildman–Crippen MR) is 58.6 cm³/mol. The Morgan fingerprint density at radius 1 is 0.714 bits per heavy atom. The maximum atomic E-state index is 2.33. The number of rotatable bonds is 7. The Morgan fingerprint density at radius 2 is 1.29 bits per heavy atom. The summed E-state index contributed by atoms with van der Waals surface area (Å²) in [7, 11) is 0. The summed E-state index contributed by atoms with van der Waals surface area (Å²) in [6.45, 7) is 4.48. The van der Waals surface area contributed by atoms with Gasteiger partial charge in [0.1, 0.15) is 0 Å². The smallest absolute Gasteiger partial charge is 1.00 e. The Morgan fingerprint density at radius 3 is 1.79 bits per heavy atom. The van der Waals surface area contributed by atoms with E-state index in [9.17, 15) is 0 Å². The van der Waals surface area contributed by atoms with Crippen molar-refractivity contribution in [2.75, 3.05) is 0 Å². The van der Waals surface area contributed by atoms with E-state index in [1.54, 1.807) is 0 Å². The van der Waals surface area contributed by atoms with Crippen LogP contribution in [0, 0.1) is 0 Å². The van der Waals surface area contributed by atoms with E-state index in [4.69, 9.17) is 0 Å². The third-order valence-electron chi connectivity index (χ3n) is 1.85. The molecular weight excluding hydrogens is 227 g/mol. The molecule has 0 heterocycles. The van der Waals surface area contributed by atoms with E-state index in [0.29, 0.717) is 0 Å². The maximum absolute atomic E-state index is 2.33. The minimum absolute atomic E-state index is 0. The molecule has 0 aromatic carbocycles. The summed E-state index contributed by atoms with van der Waals surface area (Å²) in [4.78, 5) is 0. The largest absolute Gasteiger partial charge is 2.00 e. The van der Waals surface area contributed by atoms with E-state index in [0.717, 1.165) is 0 Å². The van der Waals surface area contributed by atoms with E-state index in [-0.39, 0.29) is 47.9 Å². The first kappa shape index (κ1) is 24.4. The molecule has 0 aliphatic heterocycles. The maximum Gasteiger partial charge on any atom is 2.00 e. The van der Waals surface area contributed by atoms with Gasteiger partial charge in [-0.15, -0.1) is 0 Å². The summed E-state index contributed by atoms with van der Waals surface area (Å²) in [5.74, 6) is 0. The first-order valence-electron chi connectivity index (χ1n) is 5.06. The van der Waals surface area contributed by atoms with Crippen molar-refractivity contribution >= 4 is 23.1 Å². The van der Waals surface area contributed by atoms with Gasteiger partial charge in [-0.05, 0) is 19.3 Å². The molecule has 0 aliphatic carbocycles. The number of allylic oxidation sites excluding steroid dienone is 2. The second-order valence-electron chi connectivity index (χ2n) is 3.11. The fraction of sp³-hybridized carbons (Fsp3) is 0.818. The number of halogens is 2. The molecular formula is C11H22Cl2Mg. The summed E-state index contributed by atoms with van der Waals surface area (Å²) >= 11 is 0. The zero-order valence-corrected chi connectivity index (χ0v) is 12.5. The molecule has 82 valence electrons. The summed E-state index contributed by atoms with van der Waals surface area (Å²) < 4.78 is 0. The van der Waals surface area contributed by atoms with Crippen LogP contribution in [0.3, 0.4) is 0 Å². The Hall–Kier alpha value is 1.09. The van der Waals surface area contributed by atoms with E-state index in [2.05, 4.69) is 26.0 Å². The first-order chi connectivity index (χ1) is 5.41. The van der Waals surface area contributed by atoms with Crippen LogP contribution in [0.5, 0.6) is 0 Å². The molecule has 0 aromatic heterocycles. The van der Waals surface area contributed by atoms with E-state index in [1.165, 1.54) is 44.9 Å². The molecule has 0 bridgehead atoms. The second kappa shape index (κ2) is 23.7. The molecule has 0 radical (unpaired) electrons. The fourth-order valence-electron chi connectivity index (χ4n) is 1.09. The third-order valence-corrected chi connectivity index (χ3v) is 1.85. The van der Waals surface area contributed by atoms with Gasteiger partial charge in [-0.25, -0.2) is 0 Å². The number of hydrogen-bond donors (Lipinski definition) is 0. The Labute approximate surface area is 118 Å². The van der Waals surface area contributed by atoms with Gasteiger partial charge in [-0.1, -0.05) is 51.7 Å². The van der Waals surface area contributed by atoms with Gasteiger partial charge in [0.05, 0.1) is 0 Å². The van der Waals surface area contributed by atoms with Crippen LogP contribution in [0.15, 0.2) is 12.2 Å². The van der Waals surface area contributed by atoms with Gasteiger partial charge in [0.2, 0.25) is 0 Å². The SMILES string of the molecule is CCC/C=C\CCCCCC.[Cl-].[Cl-].[Mg+2]. The molecule has 0 saturated carbocycles. The number of hydrogen-bond acceptors (Lipinski definition) is 0. The molecule has 0 atom stereocenters. The van der Waals surface area contributed by atoms with Crippen LogP contribution in [0.4, 0.5) is 0 Å². The molecule has 0 saturated heterocycles. The van der Waals surface area contributed by atoms with Crippen LogP contribution in [0.25, 0.3) is 0 Å². The molecule has 3 heteroatoms. The minimum atomic E-state index is 0. The second-order valence-corrected chi connectivity index (χ2v) is 3.11. The van der Waals surface area contributed by atoms with Crippen molar-refractivity contribution in [3.05, 3.63) is 12.2 Å². The molecule has 0 amide bonds. The van der Waals surface area contributed by atoms with E-state index in [1.807, 2.05) is 0 Å². The van der Waals surface area contributed by atoms with Crippen LogP contribution >= 0.6 is 0 Å². The van der Waals surface area contributed by atoms with E-state index < -0.39 is 0 Å². The quantitative estimate of drug-likeness (QED) is 0.277. The van der Waals surface area contributed by atoms with Crippen molar-refractivity contribution in [2.24, 2.45) is 0 Å². The average Bonchev–Trinajstić information content (AvgIpc) is 2.03. The summed E-state index contributed by atoms with van der Waals surface area (Å²) in [6, 6.07) is 0. The molecule has 0 N–H and O–H groups in total. The predicted octanol–water partition coefficient (Wildman–Crippen LogP) is -2.06. The fourth-order valence-corrected chi connectivity index (χ4v) is 1.09. The molecule has 0 aromatic rings. The molecule has 14 heavy (non-hydrogen) atoms. The van der Waals surface area contributed by atoms with Crippen molar-refractivity contribution in [2.45, 2.75) is 58.8 Å². The third kappa shape index (κ3) is 23.2. The molecule has 0 spiro atoms. The van der Waals surface area contributed by atoms with Crippen LogP contribution < -0.4 is 24.8 Å². The summed E-state index contributed by atoms with van der Waals surface area (Å²) in [5, 5.41) is 0. The molecule has 0 unspecified atom stereocenters. The summed E-state index contributed by atoms with van der Waals surface area (Å²) in [5.41, 5.74) is 0. The molecule has 0 fully saturated rings. The first-order valence-corrected chi connectivity index (χ1v) is 5.06. The molecule has 0 nitrogen and oxygen atoms in total. The zero-order chi connectivity index (χ0) is 8.36. The standard InChI is InChI=1S/C11H22.2ClH.Mg/c1-3-5-7-9-11-10-8-6-4-2;;;/h7,9H,3-6,8,10-11H2,1-2H3;2*1H;/q;;;+2/p-2/b9-7-;;;. The van der Waals surface area contributed by atoms with Gasteiger partial charge in [0, 0.05) is 0 Å². The van der Waals surface area contributed by atoms with Crippen LogP contribution in [0.1, 0.15) is 58.8 Å². The zero-order valence-electron chi connectivity index (χ0n) is 9.57. The van der Waals surface area contributed by atoms with E-state index >= 15 is 0 Å². The Bertz CT molecular complexity index is 95.3. The van der Waals surface area contributed by atoms with Gasteiger partial charge >= 0.3 is 23.1 Å². The topological polar surface area (TPSA) is 0 Å². The number of unbranched alkanes of at least 4 members (excludes halogenated alkanes) is 5. The molecule has 0 aliphatic rings. The van der Waals surface area contributed by atoms with Crippen LogP contribution in [0.2, 0.25) is 0 Å². The van der Waals surface area contributed by atoms with Gasteiger partial charge in [0.15, 0.2) is 0 Å². The van der Waals surface area contributed by atoms with Crippen molar-refractivity contribution < 1.29 is 24.8 Å². The van der Waals surface area contributed by atoms with Crippen molar-refractivity contribution in [3.63, 3.8) is 0 Å². The Balaban J connectivity index is -0.000000167. The Kier molecular flexibility index (Phi) is 41.3. The monoisotopic (exact) mass is 248 g/mol. The van der Waals surface area contributed by atoms with Gasteiger partial charge in [-0.2, -0.15) is 0 Å². The van der Waals surface area contributed by atoms with Crippen molar-refractivity contribution in [1.29, 1.82) is 0 Å². The van der Waals surface area contributed by atoms with Crippen molar-refractivity contribution in [1.82, 2.24) is 0 Å². The van der Waals surface area contributed by atoms with Gasteiger partial charge < -0.3 is 24.8 Å². The van der Waals surface area contributed by atoms with Crippen molar-refractivity contribution in [3.8, 4) is 0 Å². The van der Waals surface area contributed by atoms with Gasteiger partial charge in [-0.3, -0.25) is 0 Å². The van der Waals surface area contributed by atoms with Crippen LogP contribution in [-0.2, 0) is 0 Å². The normalized spacial score (nSPS) is 8.71. The van der Waals surface area contributed by atoms with Gasteiger partial charge in [0.25, 0.3) is 0 Å².